The van der Waals surface area contributed by atoms with E-state index in [2.05, 4.69) is 21.4 Å². The fourth-order valence-electron chi connectivity index (χ4n) is 4.70. The van der Waals surface area contributed by atoms with Crippen molar-refractivity contribution in [2.75, 3.05) is 14.1 Å². The van der Waals surface area contributed by atoms with E-state index in [1.807, 2.05) is 50.5 Å². The van der Waals surface area contributed by atoms with Crippen molar-refractivity contribution in [3.05, 3.63) is 95.3 Å². The molecule has 7 heteroatoms. The van der Waals surface area contributed by atoms with Gasteiger partial charge in [0.2, 0.25) is 5.90 Å². The van der Waals surface area contributed by atoms with Crippen molar-refractivity contribution in [2.45, 2.75) is 44.1 Å². The highest BCUT2D eigenvalue weighted by molar-refractivity contribution is 7.90. The number of ether oxygens (including phenoxy) is 1. The molecule has 1 unspecified atom stereocenters. The van der Waals surface area contributed by atoms with Crippen molar-refractivity contribution in [1.29, 1.82) is 0 Å². The summed E-state index contributed by atoms with van der Waals surface area (Å²) in [5.74, 6) is -1.05. The molecule has 2 atom stereocenters. The first-order valence-electron chi connectivity index (χ1n) is 11.6. The minimum absolute atomic E-state index is 0.00517. The molecular formula is C28H31FN2O3S. The lowest BCUT2D eigenvalue weighted by Gasteiger charge is -2.38. The zero-order valence-corrected chi connectivity index (χ0v) is 21.5. The number of hydrogen-bond acceptors (Lipinski definition) is 4. The van der Waals surface area contributed by atoms with Gasteiger partial charge in [-0.3, -0.25) is 0 Å². The molecule has 0 bridgehead atoms. The molecule has 1 aliphatic rings. The predicted octanol–water partition coefficient (Wildman–Crippen LogP) is 5.94. The van der Waals surface area contributed by atoms with Gasteiger partial charge in [-0.2, -0.15) is 0 Å². The van der Waals surface area contributed by atoms with E-state index < -0.39 is 32.6 Å². The van der Waals surface area contributed by atoms with Crippen LogP contribution in [0.25, 0.3) is 11.1 Å². The van der Waals surface area contributed by atoms with Crippen LogP contribution < -0.4 is 0 Å². The van der Waals surface area contributed by atoms with E-state index in [4.69, 9.17) is 4.74 Å². The monoisotopic (exact) mass is 494 g/mol. The second-order valence-electron chi connectivity index (χ2n) is 9.79. The van der Waals surface area contributed by atoms with Crippen LogP contribution in [-0.2, 0) is 21.3 Å². The minimum Gasteiger partial charge on any atom is -0.472 e. The fourth-order valence-corrected chi connectivity index (χ4v) is 6.51. The molecule has 0 radical (unpaired) electrons. The molecule has 35 heavy (non-hydrogen) atoms. The van der Waals surface area contributed by atoms with Gasteiger partial charge >= 0.3 is 0 Å². The maximum Gasteiger partial charge on any atom is 0.267 e. The summed E-state index contributed by atoms with van der Waals surface area (Å²) >= 11 is 0. The second kappa shape index (κ2) is 9.55. The van der Waals surface area contributed by atoms with E-state index in [-0.39, 0.29) is 5.90 Å². The van der Waals surface area contributed by atoms with E-state index in [9.17, 15) is 12.8 Å². The van der Waals surface area contributed by atoms with Crippen molar-refractivity contribution in [1.82, 2.24) is 4.90 Å². The lowest BCUT2D eigenvalue weighted by atomic mass is 9.93. The summed E-state index contributed by atoms with van der Waals surface area (Å²) in [6, 6.07) is 22.0. The number of rotatable bonds is 6. The molecule has 5 nitrogen and oxygen atoms in total. The molecule has 3 aromatic carbocycles. The SMILES string of the molecule is CC(C1=NS(=O)(=O)[C@@H](c2ccc(-c3ccccc3CN(C)C)cc2)C(C)(C)O1)c1ccccc1F. The Morgan fingerprint density at radius 3 is 2.26 bits per heavy atom. The maximum atomic E-state index is 14.3. The normalized spacial score (nSPS) is 19.6. The second-order valence-corrected chi connectivity index (χ2v) is 11.5. The number of halogens is 1. The van der Waals surface area contributed by atoms with Crippen LogP contribution in [-0.4, -0.2) is 38.9 Å². The van der Waals surface area contributed by atoms with E-state index in [1.165, 1.54) is 11.6 Å². The Balaban J connectivity index is 1.68. The summed E-state index contributed by atoms with van der Waals surface area (Å²) in [7, 11) is 0.0840. The van der Waals surface area contributed by atoms with Crippen LogP contribution in [0.1, 0.15) is 48.6 Å². The first-order valence-corrected chi connectivity index (χ1v) is 13.1. The maximum absolute atomic E-state index is 14.3. The molecule has 0 fully saturated rings. The van der Waals surface area contributed by atoms with Gasteiger partial charge in [-0.1, -0.05) is 66.7 Å². The topological polar surface area (TPSA) is 59.0 Å². The molecule has 1 heterocycles. The van der Waals surface area contributed by atoms with Crippen molar-refractivity contribution < 1.29 is 17.5 Å². The lowest BCUT2D eigenvalue weighted by molar-refractivity contribution is 0.0792. The Morgan fingerprint density at radius 2 is 1.63 bits per heavy atom. The largest absolute Gasteiger partial charge is 0.472 e. The van der Waals surface area contributed by atoms with Crippen LogP contribution in [0.15, 0.2) is 77.2 Å². The summed E-state index contributed by atoms with van der Waals surface area (Å²) in [5, 5.41) is -0.988. The Morgan fingerprint density at radius 1 is 1.00 bits per heavy atom. The smallest absolute Gasteiger partial charge is 0.267 e. The van der Waals surface area contributed by atoms with Crippen LogP contribution in [0, 0.1) is 5.82 Å². The molecule has 0 N–H and O–H groups in total. The zero-order chi connectivity index (χ0) is 25.4. The molecule has 0 aromatic heterocycles. The number of benzene rings is 3. The first kappa shape index (κ1) is 25.1. The van der Waals surface area contributed by atoms with Crippen LogP contribution in [0.3, 0.4) is 0 Å². The Labute approximate surface area is 207 Å². The van der Waals surface area contributed by atoms with Gasteiger partial charge in [-0.05, 0) is 68.8 Å². The molecular weight excluding hydrogens is 463 g/mol. The average Bonchev–Trinajstić information content (AvgIpc) is 2.78. The van der Waals surface area contributed by atoms with Crippen molar-refractivity contribution in [3.63, 3.8) is 0 Å². The van der Waals surface area contributed by atoms with Crippen LogP contribution in [0.2, 0.25) is 0 Å². The van der Waals surface area contributed by atoms with Gasteiger partial charge in [0.1, 0.15) is 16.7 Å². The van der Waals surface area contributed by atoms with E-state index >= 15 is 0 Å². The molecule has 0 saturated heterocycles. The van der Waals surface area contributed by atoms with Crippen LogP contribution in [0.4, 0.5) is 4.39 Å². The average molecular weight is 495 g/mol. The molecule has 0 amide bonds. The summed E-state index contributed by atoms with van der Waals surface area (Å²) in [6.45, 7) is 5.97. The number of nitrogens with zero attached hydrogens (tertiary/aromatic N) is 2. The minimum atomic E-state index is -3.97. The van der Waals surface area contributed by atoms with Crippen molar-refractivity contribution >= 4 is 15.9 Å². The highest BCUT2D eigenvalue weighted by Crippen LogP contribution is 2.43. The molecule has 1 aliphatic heterocycles. The lowest BCUT2D eigenvalue weighted by Crippen LogP contribution is -2.44. The molecule has 0 saturated carbocycles. The number of hydrogen-bond donors (Lipinski definition) is 0. The fraction of sp³-hybridized carbons (Fsp3) is 0.321. The Bertz CT molecular complexity index is 1350. The molecule has 3 aromatic rings. The summed E-state index contributed by atoms with van der Waals surface area (Å²) < 4.78 is 51.3. The van der Waals surface area contributed by atoms with E-state index in [0.29, 0.717) is 11.1 Å². The van der Waals surface area contributed by atoms with E-state index in [0.717, 1.165) is 17.7 Å². The van der Waals surface area contributed by atoms with Crippen molar-refractivity contribution in [3.8, 4) is 11.1 Å². The van der Waals surface area contributed by atoms with Gasteiger partial charge in [0, 0.05) is 6.54 Å². The summed E-state index contributed by atoms with van der Waals surface area (Å²) in [4.78, 5) is 2.11. The number of sulfonamides is 1. The van der Waals surface area contributed by atoms with Gasteiger partial charge < -0.3 is 9.64 Å². The third kappa shape index (κ3) is 5.16. The van der Waals surface area contributed by atoms with Crippen LogP contribution >= 0.6 is 0 Å². The van der Waals surface area contributed by atoms with Gasteiger partial charge in [-0.15, -0.1) is 4.40 Å². The highest BCUT2D eigenvalue weighted by Gasteiger charge is 2.48. The molecule has 4 rings (SSSR count). The third-order valence-electron chi connectivity index (χ3n) is 6.28. The molecule has 0 aliphatic carbocycles. The summed E-state index contributed by atoms with van der Waals surface area (Å²) in [5.41, 5.74) is 3.15. The standard InChI is InChI=1S/C28H31FN2O3S/c1-19(23-11-8-9-13-25(23)29)27-30-35(32,33)26(28(2,3)34-27)21-16-14-20(15-17-21)24-12-7-6-10-22(24)18-31(4)5/h6-17,19,26H,18H2,1-5H3/t19?,26-/m0/s1. The predicted molar refractivity (Wildman–Crippen MR) is 138 cm³/mol. The molecule has 184 valence electrons. The van der Waals surface area contributed by atoms with Gasteiger partial charge in [0.15, 0.2) is 0 Å². The quantitative estimate of drug-likeness (QED) is 0.426. The molecule has 0 spiro atoms. The zero-order valence-electron chi connectivity index (χ0n) is 20.7. The van der Waals surface area contributed by atoms with Gasteiger partial charge in [0.25, 0.3) is 10.0 Å². The van der Waals surface area contributed by atoms with Crippen LogP contribution in [0.5, 0.6) is 0 Å². The first-order chi connectivity index (χ1) is 16.5. The van der Waals surface area contributed by atoms with Gasteiger partial charge in [0.05, 0.1) is 5.92 Å². The van der Waals surface area contributed by atoms with E-state index in [1.54, 1.807) is 39.0 Å². The van der Waals surface area contributed by atoms with Gasteiger partial charge in [-0.25, -0.2) is 12.8 Å². The highest BCUT2D eigenvalue weighted by atomic mass is 32.2. The van der Waals surface area contributed by atoms with Crippen molar-refractivity contribution in [2.24, 2.45) is 4.40 Å². The Kier molecular flexibility index (Phi) is 6.84. The Hall–Kier alpha value is -3.03. The summed E-state index contributed by atoms with van der Waals surface area (Å²) in [6.07, 6.45) is 0. The third-order valence-corrected chi connectivity index (χ3v) is 8.15.